The minimum absolute atomic E-state index is 0.406. The third-order valence-electron chi connectivity index (χ3n) is 5.25. The number of hydrogen-bond donors (Lipinski definition) is 1. The van der Waals surface area contributed by atoms with Gasteiger partial charge in [0.1, 0.15) is 11.5 Å². The van der Waals surface area contributed by atoms with Crippen molar-refractivity contribution in [3.05, 3.63) is 51.8 Å². The molecule has 1 heterocycles. The third-order valence-corrected chi connectivity index (χ3v) is 5.25. The molecule has 1 aliphatic rings. The predicted octanol–water partition coefficient (Wildman–Crippen LogP) is 3.33. The second kappa shape index (κ2) is 7.84. The summed E-state index contributed by atoms with van der Waals surface area (Å²) in [5.74, 6) is -1.01. The van der Waals surface area contributed by atoms with E-state index < -0.39 is 28.4 Å². The molecule has 2 atom stereocenters. The van der Waals surface area contributed by atoms with Gasteiger partial charge in [0.25, 0.3) is 0 Å². The first kappa shape index (κ1) is 19.6. The first-order valence-corrected chi connectivity index (χ1v) is 9.08. The lowest BCUT2D eigenvalue weighted by atomic mass is 9.68. The summed E-state index contributed by atoms with van der Waals surface area (Å²) in [7, 11) is 1.29. The molecule has 148 valence electrons. The molecule has 1 aromatic carbocycles. The van der Waals surface area contributed by atoms with E-state index in [1.807, 2.05) is 24.3 Å². The molecule has 3 rings (SSSR count). The van der Waals surface area contributed by atoms with Crippen molar-refractivity contribution >= 4 is 28.9 Å². The van der Waals surface area contributed by atoms with Crippen molar-refractivity contribution in [3.63, 3.8) is 0 Å². The van der Waals surface area contributed by atoms with Gasteiger partial charge in [-0.05, 0) is 25.3 Å². The first-order valence-electron chi connectivity index (χ1n) is 9.08. The van der Waals surface area contributed by atoms with E-state index in [1.165, 1.54) is 20.1 Å². The maximum atomic E-state index is 13.1. The fourth-order valence-corrected chi connectivity index (χ4v) is 4.13. The SMILES string of the molecule is COC(=O)[C@]1(c2[nH]c3ccccc3c2/C=C/[N+](=O)[O-])CCCC[C@@H]1OC(C)=O. The zero-order chi connectivity index (χ0) is 20.3. The molecule has 2 aromatic rings. The molecule has 1 saturated carbocycles. The van der Waals surface area contributed by atoms with Crippen molar-refractivity contribution in [3.8, 4) is 0 Å². The lowest BCUT2D eigenvalue weighted by molar-refractivity contribution is -0.400. The number of nitrogens with one attached hydrogen (secondary N) is 1. The summed E-state index contributed by atoms with van der Waals surface area (Å²) >= 11 is 0. The second-order valence-corrected chi connectivity index (χ2v) is 6.87. The van der Waals surface area contributed by atoms with Crippen LogP contribution >= 0.6 is 0 Å². The van der Waals surface area contributed by atoms with E-state index in [4.69, 9.17) is 9.47 Å². The van der Waals surface area contributed by atoms with E-state index in [2.05, 4.69) is 4.98 Å². The molecular weight excluding hydrogens is 364 g/mol. The molecule has 1 N–H and O–H groups in total. The number of para-hydroxylation sites is 1. The number of carbonyl (C=O) groups is 2. The summed E-state index contributed by atoms with van der Waals surface area (Å²) in [6, 6.07) is 7.30. The lowest BCUT2D eigenvalue weighted by Gasteiger charge is -2.40. The van der Waals surface area contributed by atoms with E-state index in [9.17, 15) is 19.7 Å². The van der Waals surface area contributed by atoms with Gasteiger partial charge in [0.15, 0.2) is 0 Å². The van der Waals surface area contributed by atoms with Crippen LogP contribution in [0.25, 0.3) is 17.0 Å². The molecule has 0 radical (unpaired) electrons. The molecule has 0 amide bonds. The Hall–Kier alpha value is -3.16. The van der Waals surface area contributed by atoms with Crippen molar-refractivity contribution in [2.75, 3.05) is 7.11 Å². The van der Waals surface area contributed by atoms with Gasteiger partial charge >= 0.3 is 11.9 Å². The number of methoxy groups -OCH3 is 1. The van der Waals surface area contributed by atoms with Crippen LogP contribution in [0.5, 0.6) is 0 Å². The molecule has 0 spiro atoms. The van der Waals surface area contributed by atoms with Gasteiger partial charge < -0.3 is 14.5 Å². The van der Waals surface area contributed by atoms with Crippen molar-refractivity contribution < 1.29 is 24.0 Å². The molecule has 1 aliphatic carbocycles. The Labute approximate surface area is 161 Å². The molecule has 8 heteroatoms. The fourth-order valence-electron chi connectivity index (χ4n) is 4.13. The Kier molecular flexibility index (Phi) is 5.48. The number of esters is 2. The molecule has 0 aliphatic heterocycles. The van der Waals surface area contributed by atoms with E-state index >= 15 is 0 Å². The van der Waals surface area contributed by atoms with E-state index in [-0.39, 0.29) is 0 Å². The Morgan fingerprint density at radius 1 is 1.32 bits per heavy atom. The summed E-state index contributed by atoms with van der Waals surface area (Å²) in [6.45, 7) is 1.30. The van der Waals surface area contributed by atoms with Gasteiger partial charge in [-0.1, -0.05) is 24.6 Å². The quantitative estimate of drug-likeness (QED) is 0.479. The van der Waals surface area contributed by atoms with Crippen LogP contribution in [0.4, 0.5) is 0 Å². The topological polar surface area (TPSA) is 112 Å². The average molecular weight is 386 g/mol. The normalized spacial score (nSPS) is 22.3. The Balaban J connectivity index is 2.29. The Morgan fingerprint density at radius 3 is 2.75 bits per heavy atom. The molecule has 0 saturated heterocycles. The maximum absolute atomic E-state index is 13.1. The third kappa shape index (κ3) is 3.37. The van der Waals surface area contributed by atoms with Crippen LogP contribution in [0, 0.1) is 10.1 Å². The minimum Gasteiger partial charge on any atom is -0.468 e. The van der Waals surface area contributed by atoms with Crippen LogP contribution in [0.2, 0.25) is 0 Å². The molecule has 28 heavy (non-hydrogen) atoms. The number of hydrogen-bond acceptors (Lipinski definition) is 6. The van der Waals surface area contributed by atoms with Gasteiger partial charge in [-0.2, -0.15) is 0 Å². The van der Waals surface area contributed by atoms with Crippen molar-refractivity contribution in [1.82, 2.24) is 4.98 Å². The number of fused-ring (bicyclic) bond motifs is 1. The summed E-state index contributed by atoms with van der Waals surface area (Å²) in [6.07, 6.45) is 3.94. The largest absolute Gasteiger partial charge is 0.468 e. The van der Waals surface area contributed by atoms with E-state index in [1.54, 1.807) is 0 Å². The minimum atomic E-state index is -1.26. The van der Waals surface area contributed by atoms with Crippen molar-refractivity contribution in [2.45, 2.75) is 44.1 Å². The van der Waals surface area contributed by atoms with Gasteiger partial charge in [-0.15, -0.1) is 0 Å². The Morgan fingerprint density at radius 2 is 2.07 bits per heavy atom. The smallest absolute Gasteiger partial charge is 0.321 e. The summed E-state index contributed by atoms with van der Waals surface area (Å²) in [5, 5.41) is 11.7. The number of ether oxygens (including phenoxy) is 2. The number of aromatic nitrogens is 1. The summed E-state index contributed by atoms with van der Waals surface area (Å²) < 4.78 is 10.7. The zero-order valence-corrected chi connectivity index (χ0v) is 15.8. The highest BCUT2D eigenvalue weighted by Crippen LogP contribution is 2.45. The number of carbonyl (C=O) groups excluding carboxylic acids is 2. The summed E-state index contributed by atoms with van der Waals surface area (Å²) in [5.41, 5.74) is 0.478. The number of nitrogens with zero attached hydrogens (tertiary/aromatic N) is 1. The highest BCUT2D eigenvalue weighted by atomic mass is 16.6. The molecule has 0 bridgehead atoms. The van der Waals surface area contributed by atoms with Crippen LogP contribution in [0.3, 0.4) is 0 Å². The molecule has 1 aromatic heterocycles. The average Bonchev–Trinajstić information content (AvgIpc) is 3.04. The number of H-pyrrole nitrogens is 1. The molecule has 1 fully saturated rings. The monoisotopic (exact) mass is 386 g/mol. The molecule has 0 unspecified atom stereocenters. The van der Waals surface area contributed by atoms with Gasteiger partial charge in [0.05, 0.1) is 12.0 Å². The number of aromatic amines is 1. The van der Waals surface area contributed by atoms with Gasteiger partial charge in [0, 0.05) is 35.2 Å². The highest BCUT2D eigenvalue weighted by molar-refractivity contribution is 5.95. The molecular formula is C20H22N2O6. The van der Waals surface area contributed by atoms with Gasteiger partial charge in [-0.3, -0.25) is 19.7 Å². The van der Waals surface area contributed by atoms with E-state index in [0.29, 0.717) is 24.1 Å². The van der Waals surface area contributed by atoms with Crippen LogP contribution in [0.15, 0.2) is 30.5 Å². The fraction of sp³-hybridized carbons (Fsp3) is 0.400. The number of benzene rings is 1. The zero-order valence-electron chi connectivity index (χ0n) is 15.8. The van der Waals surface area contributed by atoms with Gasteiger partial charge in [0.2, 0.25) is 6.20 Å². The standard InChI is InChI=1S/C20H22N2O6/c1-13(23)28-17-9-5-6-11-20(17,19(24)27-2)18-15(10-12-22(25)26)14-7-3-4-8-16(14)21-18/h3-4,7-8,10,12,17,21H,5-6,9,11H2,1-2H3/b12-10+/t17-,20+/m0/s1. The summed E-state index contributed by atoms with van der Waals surface area (Å²) in [4.78, 5) is 38.4. The Bertz CT molecular complexity index is 947. The molecule has 8 nitrogen and oxygen atoms in total. The van der Waals surface area contributed by atoms with Crippen LogP contribution in [0.1, 0.15) is 43.9 Å². The van der Waals surface area contributed by atoms with Crippen molar-refractivity contribution in [1.29, 1.82) is 0 Å². The highest BCUT2D eigenvalue weighted by Gasteiger charge is 2.53. The number of nitro groups is 1. The van der Waals surface area contributed by atoms with Crippen molar-refractivity contribution in [2.24, 2.45) is 0 Å². The van der Waals surface area contributed by atoms with Gasteiger partial charge in [-0.25, -0.2) is 0 Å². The maximum Gasteiger partial charge on any atom is 0.321 e. The van der Waals surface area contributed by atoms with Crippen LogP contribution in [-0.4, -0.2) is 35.1 Å². The lowest BCUT2D eigenvalue weighted by Crippen LogP contribution is -2.51. The van der Waals surface area contributed by atoms with Crippen LogP contribution < -0.4 is 0 Å². The van der Waals surface area contributed by atoms with E-state index in [0.717, 1.165) is 29.9 Å². The van der Waals surface area contributed by atoms with Crippen LogP contribution in [-0.2, 0) is 24.5 Å². The predicted molar refractivity (Wildman–Crippen MR) is 102 cm³/mol. The first-order chi connectivity index (χ1) is 13.4. The number of rotatable bonds is 5. The second-order valence-electron chi connectivity index (χ2n) is 6.87.